The predicted molar refractivity (Wildman–Crippen MR) is 69.8 cm³/mol. The van der Waals surface area contributed by atoms with Gasteiger partial charge >= 0.3 is 0 Å². The first-order valence-electron chi connectivity index (χ1n) is 6.42. The minimum absolute atomic E-state index is 0.0622. The largest absolute Gasteiger partial charge is 0.348 e. The summed E-state index contributed by atoms with van der Waals surface area (Å²) >= 11 is 0. The molecule has 3 N–H and O–H groups in total. The molecule has 5 nitrogen and oxygen atoms in total. The van der Waals surface area contributed by atoms with E-state index in [4.69, 9.17) is 5.73 Å². The minimum Gasteiger partial charge on any atom is -0.348 e. The van der Waals surface area contributed by atoms with Gasteiger partial charge in [-0.1, -0.05) is 0 Å². The zero-order valence-electron chi connectivity index (χ0n) is 11.5. The van der Waals surface area contributed by atoms with E-state index in [1.54, 1.807) is 10.9 Å². The lowest BCUT2D eigenvalue weighted by atomic mass is 9.95. The number of nitrogens with one attached hydrogen (secondary N) is 1. The monoisotopic (exact) mass is 250 g/mol. The van der Waals surface area contributed by atoms with Crippen molar-refractivity contribution >= 4 is 5.91 Å². The second-order valence-corrected chi connectivity index (χ2v) is 5.56. The summed E-state index contributed by atoms with van der Waals surface area (Å²) in [5.74, 6) is 0.264. The first kappa shape index (κ1) is 13.1. The SMILES string of the molecule is Cc1c(C(C)NC(=O)C(C)(N)C2CC2)cnn1C. The molecule has 0 saturated heterocycles. The summed E-state index contributed by atoms with van der Waals surface area (Å²) in [5.41, 5.74) is 7.46. The maximum Gasteiger partial charge on any atom is 0.240 e. The van der Waals surface area contributed by atoms with Crippen LogP contribution in [-0.4, -0.2) is 21.2 Å². The first-order chi connectivity index (χ1) is 8.34. The molecule has 1 heterocycles. The number of nitrogens with two attached hydrogens (primary N) is 1. The molecule has 1 aromatic rings. The van der Waals surface area contributed by atoms with E-state index in [0.717, 1.165) is 24.1 Å². The molecule has 100 valence electrons. The number of aryl methyl sites for hydroxylation is 1. The van der Waals surface area contributed by atoms with Crippen molar-refractivity contribution in [2.24, 2.45) is 18.7 Å². The molecule has 0 aliphatic heterocycles. The van der Waals surface area contributed by atoms with E-state index in [1.807, 2.05) is 27.8 Å². The zero-order valence-corrected chi connectivity index (χ0v) is 11.5. The fourth-order valence-electron chi connectivity index (χ4n) is 2.24. The van der Waals surface area contributed by atoms with Crippen LogP contribution in [0.4, 0.5) is 0 Å². The quantitative estimate of drug-likeness (QED) is 0.838. The first-order valence-corrected chi connectivity index (χ1v) is 6.42. The molecule has 1 aliphatic rings. The average molecular weight is 250 g/mol. The molecule has 1 saturated carbocycles. The van der Waals surface area contributed by atoms with E-state index >= 15 is 0 Å². The van der Waals surface area contributed by atoms with E-state index in [9.17, 15) is 4.79 Å². The van der Waals surface area contributed by atoms with Gasteiger partial charge in [0, 0.05) is 18.3 Å². The van der Waals surface area contributed by atoms with Crippen LogP contribution in [0.25, 0.3) is 0 Å². The highest BCUT2D eigenvalue weighted by atomic mass is 16.2. The number of rotatable bonds is 4. The van der Waals surface area contributed by atoms with Gasteiger partial charge in [-0.3, -0.25) is 9.48 Å². The summed E-state index contributed by atoms with van der Waals surface area (Å²) in [7, 11) is 1.89. The standard InChI is InChI=1S/C13H22N4O/c1-8(11-7-15-17(4)9(11)2)16-12(18)13(3,14)10-5-6-10/h7-8,10H,5-6,14H2,1-4H3,(H,16,18). The Morgan fingerprint density at radius 3 is 2.72 bits per heavy atom. The van der Waals surface area contributed by atoms with Gasteiger partial charge < -0.3 is 11.1 Å². The highest BCUT2D eigenvalue weighted by molar-refractivity contribution is 5.86. The van der Waals surface area contributed by atoms with Crippen molar-refractivity contribution in [1.29, 1.82) is 0 Å². The maximum atomic E-state index is 12.2. The van der Waals surface area contributed by atoms with Crippen LogP contribution in [0, 0.1) is 12.8 Å². The normalized spacial score (nSPS) is 20.3. The molecule has 1 aliphatic carbocycles. The number of aromatic nitrogens is 2. The Morgan fingerprint density at radius 1 is 1.67 bits per heavy atom. The lowest BCUT2D eigenvalue weighted by molar-refractivity contribution is -0.127. The summed E-state index contributed by atoms with van der Waals surface area (Å²) in [6.45, 7) is 5.78. The second-order valence-electron chi connectivity index (χ2n) is 5.56. The summed E-state index contributed by atoms with van der Waals surface area (Å²) in [6.07, 6.45) is 3.91. The molecule has 1 amide bonds. The van der Waals surface area contributed by atoms with E-state index in [2.05, 4.69) is 10.4 Å². The smallest absolute Gasteiger partial charge is 0.240 e. The van der Waals surface area contributed by atoms with Crippen LogP contribution in [-0.2, 0) is 11.8 Å². The summed E-state index contributed by atoms with van der Waals surface area (Å²) in [5, 5.41) is 7.18. The van der Waals surface area contributed by atoms with Crippen molar-refractivity contribution in [2.45, 2.75) is 45.2 Å². The molecule has 1 aromatic heterocycles. The molecule has 0 radical (unpaired) electrons. The van der Waals surface area contributed by atoms with Gasteiger partial charge in [-0.05, 0) is 39.5 Å². The number of hydrogen-bond acceptors (Lipinski definition) is 3. The fourth-order valence-corrected chi connectivity index (χ4v) is 2.24. The van der Waals surface area contributed by atoms with Gasteiger partial charge in [0.2, 0.25) is 5.91 Å². The zero-order chi connectivity index (χ0) is 13.5. The van der Waals surface area contributed by atoms with Crippen LogP contribution in [0.3, 0.4) is 0 Å². The van der Waals surface area contributed by atoms with Gasteiger partial charge in [-0.2, -0.15) is 5.10 Å². The second kappa shape index (κ2) is 4.39. The van der Waals surface area contributed by atoms with Crippen LogP contribution < -0.4 is 11.1 Å². The average Bonchev–Trinajstić information content (AvgIpc) is 3.08. The maximum absolute atomic E-state index is 12.2. The van der Waals surface area contributed by atoms with Crippen molar-refractivity contribution in [3.8, 4) is 0 Å². The highest BCUT2D eigenvalue weighted by Crippen LogP contribution is 2.38. The highest BCUT2D eigenvalue weighted by Gasteiger charge is 2.44. The van der Waals surface area contributed by atoms with Crippen LogP contribution in [0.15, 0.2) is 6.20 Å². The van der Waals surface area contributed by atoms with Crippen molar-refractivity contribution in [3.63, 3.8) is 0 Å². The lowest BCUT2D eigenvalue weighted by Crippen LogP contribution is -2.53. The number of hydrogen-bond donors (Lipinski definition) is 2. The number of nitrogens with zero attached hydrogens (tertiary/aromatic N) is 2. The molecule has 2 atom stereocenters. The van der Waals surface area contributed by atoms with E-state index in [0.29, 0.717) is 5.92 Å². The van der Waals surface area contributed by atoms with E-state index < -0.39 is 5.54 Å². The van der Waals surface area contributed by atoms with Gasteiger partial charge in [-0.25, -0.2) is 0 Å². The summed E-state index contributed by atoms with van der Waals surface area (Å²) in [6, 6.07) is -0.0622. The van der Waals surface area contributed by atoms with Gasteiger partial charge in [0.05, 0.1) is 17.8 Å². The van der Waals surface area contributed by atoms with Gasteiger partial charge in [0.15, 0.2) is 0 Å². The summed E-state index contributed by atoms with van der Waals surface area (Å²) in [4.78, 5) is 12.2. The number of amides is 1. The van der Waals surface area contributed by atoms with Crippen molar-refractivity contribution in [2.75, 3.05) is 0 Å². The molecular weight excluding hydrogens is 228 g/mol. The van der Waals surface area contributed by atoms with Crippen LogP contribution in [0.2, 0.25) is 0 Å². The Morgan fingerprint density at radius 2 is 2.28 bits per heavy atom. The Hall–Kier alpha value is -1.36. The minimum atomic E-state index is -0.746. The molecule has 0 bridgehead atoms. The summed E-state index contributed by atoms with van der Waals surface area (Å²) < 4.78 is 1.81. The molecular formula is C13H22N4O. The third-order valence-electron chi connectivity index (χ3n) is 4.00. The molecule has 5 heteroatoms. The van der Waals surface area contributed by atoms with Gasteiger partial charge in [0.25, 0.3) is 0 Å². The van der Waals surface area contributed by atoms with Crippen molar-refractivity contribution in [3.05, 3.63) is 17.5 Å². The van der Waals surface area contributed by atoms with Crippen LogP contribution in [0.1, 0.15) is 44.0 Å². The molecule has 18 heavy (non-hydrogen) atoms. The molecule has 0 spiro atoms. The third kappa shape index (κ3) is 2.27. The molecule has 2 rings (SSSR count). The molecule has 0 aromatic carbocycles. The third-order valence-corrected chi connectivity index (χ3v) is 4.00. The molecule has 2 unspecified atom stereocenters. The van der Waals surface area contributed by atoms with Crippen LogP contribution in [0.5, 0.6) is 0 Å². The molecule has 1 fully saturated rings. The topological polar surface area (TPSA) is 72.9 Å². The Bertz CT molecular complexity index is 460. The van der Waals surface area contributed by atoms with Crippen LogP contribution >= 0.6 is 0 Å². The van der Waals surface area contributed by atoms with E-state index in [1.165, 1.54) is 0 Å². The number of carbonyl (C=O) groups is 1. The fraction of sp³-hybridized carbons (Fsp3) is 0.692. The van der Waals surface area contributed by atoms with Crippen molar-refractivity contribution in [1.82, 2.24) is 15.1 Å². The van der Waals surface area contributed by atoms with Gasteiger partial charge in [-0.15, -0.1) is 0 Å². The van der Waals surface area contributed by atoms with Gasteiger partial charge in [0.1, 0.15) is 0 Å². The predicted octanol–water partition coefficient (Wildman–Crippen LogP) is 1.03. The van der Waals surface area contributed by atoms with E-state index in [-0.39, 0.29) is 11.9 Å². The van der Waals surface area contributed by atoms with Crippen molar-refractivity contribution < 1.29 is 4.79 Å². The lowest BCUT2D eigenvalue weighted by Gasteiger charge is -2.25. The Kier molecular flexibility index (Phi) is 3.19. The Balaban J connectivity index is 2.05. The number of carbonyl (C=O) groups excluding carboxylic acids is 1. The Labute approximate surface area is 108 Å².